The Labute approximate surface area is 217 Å². The first-order valence-corrected chi connectivity index (χ1v) is 13.7. The van der Waals surface area contributed by atoms with Crippen LogP contribution in [0.5, 0.6) is 0 Å². The molecule has 0 radical (unpaired) electrons. The number of nitrogens with zero attached hydrogens (tertiary/aromatic N) is 1. The lowest BCUT2D eigenvalue weighted by Crippen LogP contribution is -2.44. The molecule has 0 heterocycles. The van der Waals surface area contributed by atoms with Crippen LogP contribution >= 0.6 is 0 Å². The van der Waals surface area contributed by atoms with Gasteiger partial charge in [0.2, 0.25) is 0 Å². The monoisotopic (exact) mass is 498 g/mol. The number of Topliss-reactive ketones (excluding diaryl/α,β-unsaturated/α-hetero) is 2. The molecule has 0 aromatic rings. The summed E-state index contributed by atoms with van der Waals surface area (Å²) in [4.78, 5) is 27.4. The second-order valence-electron chi connectivity index (χ2n) is 13.3. The van der Waals surface area contributed by atoms with Gasteiger partial charge in [-0.05, 0) is 92.5 Å². The molecule has 6 nitrogen and oxygen atoms in total. The van der Waals surface area contributed by atoms with Crippen molar-refractivity contribution in [1.29, 1.82) is 0 Å². The second kappa shape index (κ2) is 15.4. The van der Waals surface area contributed by atoms with Crippen LogP contribution in [0, 0.1) is 5.41 Å². The maximum absolute atomic E-state index is 12.5. The molecule has 0 aliphatic rings. The van der Waals surface area contributed by atoms with E-state index in [0.717, 1.165) is 51.6 Å². The Morgan fingerprint density at radius 3 is 1.77 bits per heavy atom. The molecule has 208 valence electrons. The number of unbranched alkanes of at least 4 members (excludes halogenated alkanes) is 3. The van der Waals surface area contributed by atoms with Crippen LogP contribution in [0.3, 0.4) is 0 Å². The lowest BCUT2D eigenvalue weighted by molar-refractivity contribution is -0.140. The molecule has 0 fully saturated rings. The number of ketones is 2. The van der Waals surface area contributed by atoms with Crippen molar-refractivity contribution in [2.75, 3.05) is 26.3 Å². The first-order chi connectivity index (χ1) is 15.8. The molecule has 35 heavy (non-hydrogen) atoms. The molecular formula is C29H58N2O4. The van der Waals surface area contributed by atoms with Crippen LogP contribution in [-0.4, -0.2) is 59.6 Å². The molecule has 0 spiro atoms. The maximum Gasteiger partial charge on any atom is 0.164 e. The number of carbonyl (C=O) groups excluding carboxylic acids is 2. The Bertz CT molecular complexity index is 610. The molecule has 0 amide bonds. The van der Waals surface area contributed by atoms with Crippen molar-refractivity contribution in [3.8, 4) is 0 Å². The van der Waals surface area contributed by atoms with E-state index in [0.29, 0.717) is 43.7 Å². The van der Waals surface area contributed by atoms with Crippen molar-refractivity contribution in [1.82, 2.24) is 4.90 Å². The third kappa shape index (κ3) is 19.0. The first-order valence-electron chi connectivity index (χ1n) is 13.7. The zero-order valence-corrected chi connectivity index (χ0v) is 24.8. The Hall–Kier alpha value is -0.820. The number of hydrogen-bond donors (Lipinski definition) is 1. The Morgan fingerprint density at radius 1 is 0.686 bits per heavy atom. The molecule has 2 N–H and O–H groups in total. The summed E-state index contributed by atoms with van der Waals surface area (Å²) in [5, 5.41) is 0. The van der Waals surface area contributed by atoms with E-state index in [1.54, 1.807) is 0 Å². The Morgan fingerprint density at radius 2 is 1.23 bits per heavy atom. The van der Waals surface area contributed by atoms with Crippen molar-refractivity contribution in [2.24, 2.45) is 11.1 Å². The molecule has 0 aliphatic heterocycles. The predicted molar refractivity (Wildman–Crippen MR) is 147 cm³/mol. The predicted octanol–water partition coefficient (Wildman–Crippen LogP) is 6.29. The highest BCUT2D eigenvalue weighted by molar-refractivity contribution is 5.86. The summed E-state index contributed by atoms with van der Waals surface area (Å²) < 4.78 is 11.4. The zero-order valence-electron chi connectivity index (χ0n) is 24.8. The van der Waals surface area contributed by atoms with E-state index in [9.17, 15) is 9.59 Å². The van der Waals surface area contributed by atoms with E-state index in [2.05, 4.69) is 46.4 Å². The minimum absolute atomic E-state index is 0.0622. The Balaban J connectivity index is 4.11. The molecule has 0 bridgehead atoms. The van der Waals surface area contributed by atoms with Gasteiger partial charge in [0.25, 0.3) is 0 Å². The minimum Gasteiger partial charge on any atom is -0.368 e. The van der Waals surface area contributed by atoms with Crippen LogP contribution < -0.4 is 5.73 Å². The number of hydrogen-bond acceptors (Lipinski definition) is 6. The van der Waals surface area contributed by atoms with Crippen LogP contribution in [0.15, 0.2) is 0 Å². The fraction of sp³-hybridized carbons (Fsp3) is 0.931. The summed E-state index contributed by atoms with van der Waals surface area (Å²) in [7, 11) is 0. The molecule has 0 atom stereocenters. The lowest BCUT2D eigenvalue weighted by Gasteiger charge is -2.37. The van der Waals surface area contributed by atoms with Gasteiger partial charge in [-0.15, -0.1) is 0 Å². The number of rotatable bonds is 19. The van der Waals surface area contributed by atoms with Crippen LogP contribution in [0.4, 0.5) is 0 Å². The highest BCUT2D eigenvalue weighted by Crippen LogP contribution is 2.23. The average molecular weight is 499 g/mol. The molecule has 6 heteroatoms. The fourth-order valence-corrected chi connectivity index (χ4v) is 3.67. The van der Waals surface area contributed by atoms with Gasteiger partial charge in [0.1, 0.15) is 17.1 Å². The van der Waals surface area contributed by atoms with Crippen LogP contribution in [-0.2, 0) is 19.1 Å². The molecular weight excluding hydrogens is 440 g/mol. The summed E-state index contributed by atoms with van der Waals surface area (Å²) in [6, 6.07) is 0. The van der Waals surface area contributed by atoms with E-state index in [1.807, 2.05) is 27.7 Å². The highest BCUT2D eigenvalue weighted by Gasteiger charge is 2.27. The number of nitrogens with two attached hydrogens (primary N) is 1. The van der Waals surface area contributed by atoms with E-state index in [1.165, 1.54) is 0 Å². The summed E-state index contributed by atoms with van der Waals surface area (Å²) in [6.07, 6.45) is 7.06. The third-order valence-corrected chi connectivity index (χ3v) is 6.25. The zero-order chi connectivity index (χ0) is 27.3. The topological polar surface area (TPSA) is 81.9 Å². The summed E-state index contributed by atoms with van der Waals surface area (Å²) >= 11 is 0. The van der Waals surface area contributed by atoms with Gasteiger partial charge in [0.15, 0.2) is 5.78 Å². The van der Waals surface area contributed by atoms with Crippen molar-refractivity contribution >= 4 is 11.6 Å². The van der Waals surface area contributed by atoms with Crippen molar-refractivity contribution in [2.45, 2.75) is 144 Å². The third-order valence-electron chi connectivity index (χ3n) is 6.25. The molecule has 0 unspecified atom stereocenters. The van der Waals surface area contributed by atoms with Gasteiger partial charge in [-0.3, -0.25) is 14.5 Å². The van der Waals surface area contributed by atoms with E-state index in [4.69, 9.17) is 15.2 Å². The number of ether oxygens (including phenoxy) is 2. The first kappa shape index (κ1) is 34.2. The minimum atomic E-state index is -0.778. The summed E-state index contributed by atoms with van der Waals surface area (Å²) in [6.45, 7) is 23.7. The standard InChI is InChI=1S/C29H58N2O4/c1-26(2,3)19-21-31(27(4,5)6)20-18-24(32)16-13-15-22-34-28(7,8)25(33)17-12-11-14-23-35-29(9,10)30/h11-23,30H2,1-10H3. The smallest absolute Gasteiger partial charge is 0.164 e. The molecule has 0 saturated heterocycles. The average Bonchev–Trinajstić information content (AvgIpc) is 2.67. The molecule has 0 saturated carbocycles. The largest absolute Gasteiger partial charge is 0.368 e. The van der Waals surface area contributed by atoms with Crippen molar-refractivity contribution < 1.29 is 19.1 Å². The molecule has 0 rings (SSSR count). The van der Waals surface area contributed by atoms with Crippen molar-refractivity contribution in [3.05, 3.63) is 0 Å². The van der Waals surface area contributed by atoms with Gasteiger partial charge in [-0.25, -0.2) is 0 Å². The van der Waals surface area contributed by atoms with Gasteiger partial charge in [-0.2, -0.15) is 0 Å². The lowest BCUT2D eigenvalue weighted by atomic mass is 9.91. The van der Waals surface area contributed by atoms with Gasteiger partial charge >= 0.3 is 0 Å². The van der Waals surface area contributed by atoms with Crippen LogP contribution in [0.1, 0.15) is 127 Å². The Kier molecular flexibility index (Phi) is 15.1. The SMILES string of the molecule is CC(C)(C)CCN(CCC(=O)CCCCOC(C)(C)C(=O)CCCCCOC(C)(C)N)C(C)(C)C. The van der Waals surface area contributed by atoms with E-state index >= 15 is 0 Å². The summed E-state index contributed by atoms with van der Waals surface area (Å²) in [5.41, 5.74) is 4.77. The molecule has 0 aromatic carbocycles. The maximum atomic E-state index is 12.5. The molecule has 0 aliphatic carbocycles. The van der Waals surface area contributed by atoms with Gasteiger partial charge in [0, 0.05) is 44.6 Å². The van der Waals surface area contributed by atoms with Gasteiger partial charge < -0.3 is 15.2 Å². The summed E-state index contributed by atoms with van der Waals surface area (Å²) in [5.74, 6) is 0.443. The normalized spacial score (nSPS) is 13.5. The van der Waals surface area contributed by atoms with Gasteiger partial charge in [0.05, 0.1) is 0 Å². The van der Waals surface area contributed by atoms with E-state index in [-0.39, 0.29) is 11.3 Å². The number of carbonyl (C=O) groups is 2. The van der Waals surface area contributed by atoms with E-state index < -0.39 is 11.3 Å². The van der Waals surface area contributed by atoms with Crippen LogP contribution in [0.2, 0.25) is 0 Å². The van der Waals surface area contributed by atoms with Gasteiger partial charge in [-0.1, -0.05) is 27.2 Å². The molecule has 0 aromatic heterocycles. The van der Waals surface area contributed by atoms with Crippen molar-refractivity contribution in [3.63, 3.8) is 0 Å². The second-order valence-corrected chi connectivity index (χ2v) is 13.3. The highest BCUT2D eigenvalue weighted by atomic mass is 16.5. The van der Waals surface area contributed by atoms with Crippen LogP contribution in [0.25, 0.3) is 0 Å². The fourth-order valence-electron chi connectivity index (χ4n) is 3.67. The quantitative estimate of drug-likeness (QED) is 0.166.